The van der Waals surface area contributed by atoms with Crippen LogP contribution in [0.5, 0.6) is 5.95 Å². The van der Waals surface area contributed by atoms with Crippen LogP contribution in [-0.2, 0) is 4.74 Å². The number of rotatable bonds is 6. The van der Waals surface area contributed by atoms with Crippen LogP contribution >= 0.6 is 11.6 Å². The number of hydrogen-bond acceptors (Lipinski definition) is 7. The maximum atomic E-state index is 12.4. The van der Waals surface area contributed by atoms with E-state index < -0.39 is 12.0 Å². The Morgan fingerprint density at radius 2 is 1.94 bits per heavy atom. The molecule has 3 heterocycles. The van der Waals surface area contributed by atoms with Crippen molar-refractivity contribution >= 4 is 46.1 Å². The largest absolute Gasteiger partial charge is 0.468 e. The number of carbonyl (C=O) groups excluding carboxylic acids is 2. The fourth-order valence-electron chi connectivity index (χ4n) is 2.99. The lowest BCUT2D eigenvalue weighted by molar-refractivity contribution is 0.0990. The molecule has 4 aromatic rings. The molecule has 2 amide bonds. The van der Waals surface area contributed by atoms with Crippen LogP contribution in [0, 0.1) is 0 Å². The number of amides is 2. The molecule has 170 valence electrons. The van der Waals surface area contributed by atoms with Gasteiger partial charge in [-0.05, 0) is 44.2 Å². The maximum absolute atomic E-state index is 12.4. The number of nitrogens with zero attached hydrogens (tertiary/aromatic N) is 2. The number of H-pyrrole nitrogens is 1. The number of hydrogen-bond donors (Lipinski definition) is 3. The molecule has 3 aromatic heterocycles. The molecule has 0 unspecified atom stereocenters. The molecule has 0 atom stereocenters. The van der Waals surface area contributed by atoms with Crippen molar-refractivity contribution in [3.63, 3.8) is 0 Å². The van der Waals surface area contributed by atoms with Crippen LogP contribution in [0.15, 0.2) is 47.0 Å². The van der Waals surface area contributed by atoms with Crippen LogP contribution in [0.3, 0.4) is 0 Å². The first kappa shape index (κ1) is 22.2. The fraction of sp³-hybridized carbons (Fsp3) is 0.182. The summed E-state index contributed by atoms with van der Waals surface area (Å²) in [5.41, 5.74) is 2.51. The molecule has 1 aromatic carbocycles. The number of nitrogens with one attached hydrogen (secondary N) is 3. The average Bonchev–Trinajstić information content (AvgIpc) is 3.41. The van der Waals surface area contributed by atoms with E-state index in [1.165, 1.54) is 19.4 Å². The molecular weight excluding hydrogens is 450 g/mol. The molecule has 0 spiro atoms. The molecular formula is C22H20ClN5O5. The molecule has 10 nitrogen and oxygen atoms in total. The molecule has 11 heteroatoms. The van der Waals surface area contributed by atoms with E-state index in [1.54, 1.807) is 44.2 Å². The quantitative estimate of drug-likeness (QED) is 0.358. The molecule has 0 fully saturated rings. The summed E-state index contributed by atoms with van der Waals surface area (Å²) in [7, 11) is 1.45. The summed E-state index contributed by atoms with van der Waals surface area (Å²) in [4.78, 5) is 36.1. The Morgan fingerprint density at radius 1 is 1.12 bits per heavy atom. The number of halogens is 1. The van der Waals surface area contributed by atoms with Crippen LogP contribution in [-0.4, -0.2) is 40.2 Å². The van der Waals surface area contributed by atoms with Gasteiger partial charge in [-0.15, -0.1) is 0 Å². The number of fused-ring (bicyclic) bond motifs is 1. The second-order valence-electron chi connectivity index (χ2n) is 7.23. The van der Waals surface area contributed by atoms with Crippen molar-refractivity contribution < 1.29 is 23.5 Å². The summed E-state index contributed by atoms with van der Waals surface area (Å²) in [5, 5.41) is 5.78. The van der Waals surface area contributed by atoms with E-state index >= 15 is 0 Å². The van der Waals surface area contributed by atoms with E-state index in [0.717, 1.165) is 0 Å². The predicted octanol–water partition coefficient (Wildman–Crippen LogP) is 5.09. The number of aromatic amines is 1. The number of benzene rings is 1. The van der Waals surface area contributed by atoms with Gasteiger partial charge in [-0.2, -0.15) is 0 Å². The van der Waals surface area contributed by atoms with Crippen molar-refractivity contribution in [2.45, 2.75) is 20.0 Å². The summed E-state index contributed by atoms with van der Waals surface area (Å²) in [6, 6.07) is 9.73. The van der Waals surface area contributed by atoms with Gasteiger partial charge in [-0.25, -0.2) is 14.8 Å². The van der Waals surface area contributed by atoms with Crippen molar-refractivity contribution in [1.29, 1.82) is 0 Å². The maximum Gasteiger partial charge on any atom is 0.411 e. The molecule has 0 saturated heterocycles. The molecule has 3 N–H and O–H groups in total. The van der Waals surface area contributed by atoms with Gasteiger partial charge in [0, 0.05) is 17.3 Å². The Labute approximate surface area is 193 Å². The number of ether oxygens (including phenoxy) is 2. The first-order valence-electron chi connectivity index (χ1n) is 9.91. The van der Waals surface area contributed by atoms with Crippen LogP contribution < -0.4 is 15.4 Å². The van der Waals surface area contributed by atoms with E-state index in [2.05, 4.69) is 25.6 Å². The van der Waals surface area contributed by atoms with Gasteiger partial charge >= 0.3 is 6.09 Å². The van der Waals surface area contributed by atoms with Gasteiger partial charge in [0.2, 0.25) is 0 Å². The second kappa shape index (κ2) is 9.21. The highest BCUT2D eigenvalue weighted by atomic mass is 35.5. The lowest BCUT2D eigenvalue weighted by Gasteiger charge is -2.08. The summed E-state index contributed by atoms with van der Waals surface area (Å²) < 4.78 is 15.3. The molecule has 0 aliphatic rings. The smallest absolute Gasteiger partial charge is 0.411 e. The number of imidazole rings is 1. The van der Waals surface area contributed by atoms with Crippen molar-refractivity contribution in [1.82, 2.24) is 15.0 Å². The van der Waals surface area contributed by atoms with Gasteiger partial charge in [0.15, 0.2) is 11.4 Å². The van der Waals surface area contributed by atoms with Crippen LogP contribution in [0.1, 0.15) is 24.4 Å². The van der Waals surface area contributed by atoms with E-state index in [0.29, 0.717) is 38.9 Å². The summed E-state index contributed by atoms with van der Waals surface area (Å²) in [6.07, 6.45) is 0.654. The Kier molecular flexibility index (Phi) is 6.18. The summed E-state index contributed by atoms with van der Waals surface area (Å²) >= 11 is 6.38. The highest BCUT2D eigenvalue weighted by molar-refractivity contribution is 6.33. The Morgan fingerprint density at radius 3 is 2.67 bits per heavy atom. The van der Waals surface area contributed by atoms with Crippen LogP contribution in [0.25, 0.3) is 22.6 Å². The minimum absolute atomic E-state index is 0.104. The second-order valence-corrected chi connectivity index (χ2v) is 7.64. The van der Waals surface area contributed by atoms with E-state index in [9.17, 15) is 9.59 Å². The Balaban J connectivity index is 1.57. The van der Waals surface area contributed by atoms with Gasteiger partial charge in [0.25, 0.3) is 11.9 Å². The van der Waals surface area contributed by atoms with Crippen LogP contribution in [0.4, 0.5) is 16.2 Å². The molecule has 0 bridgehead atoms. The number of anilines is 2. The lowest BCUT2D eigenvalue weighted by Crippen LogP contribution is -2.18. The van der Waals surface area contributed by atoms with Gasteiger partial charge in [0.05, 0.1) is 35.6 Å². The third-order valence-corrected chi connectivity index (χ3v) is 4.74. The molecule has 0 saturated carbocycles. The standard InChI is InChI=1S/C22H20ClN5O5/c1-11(2)32-22(30)26-13-9-16-20(24-10-13)28-19(27-16)14-8-12(4-5-15(14)23)25-21(29)17-6-7-18(31-3)33-17/h4-11H,1-3H3,(H,25,29)(H,26,30)(H,24,27,28). The number of methoxy groups -OCH3 is 1. The van der Waals surface area contributed by atoms with E-state index in [4.69, 9.17) is 25.5 Å². The summed E-state index contributed by atoms with van der Waals surface area (Å²) in [6.45, 7) is 3.52. The topological polar surface area (TPSA) is 131 Å². The monoisotopic (exact) mass is 469 g/mol. The SMILES string of the molecule is COc1ccc(C(=O)Nc2ccc(Cl)c(-c3nc4ncc(NC(=O)OC(C)C)cc4[nH]3)c2)o1. The van der Waals surface area contributed by atoms with Crippen molar-refractivity contribution in [2.75, 3.05) is 17.7 Å². The van der Waals surface area contributed by atoms with Gasteiger partial charge in [-0.3, -0.25) is 10.1 Å². The summed E-state index contributed by atoms with van der Waals surface area (Å²) in [5.74, 6) is 0.340. The van der Waals surface area contributed by atoms with Gasteiger partial charge in [0.1, 0.15) is 5.82 Å². The zero-order chi connectivity index (χ0) is 23.5. The Hall–Kier alpha value is -4.05. The highest BCUT2D eigenvalue weighted by Gasteiger charge is 2.15. The molecule has 0 radical (unpaired) electrons. The first-order chi connectivity index (χ1) is 15.8. The molecule has 0 aliphatic heterocycles. The fourth-order valence-corrected chi connectivity index (χ4v) is 3.19. The average molecular weight is 470 g/mol. The van der Waals surface area contributed by atoms with Crippen molar-refractivity contribution in [2.24, 2.45) is 0 Å². The zero-order valence-electron chi connectivity index (χ0n) is 17.9. The normalized spacial score (nSPS) is 10.9. The minimum atomic E-state index is -0.577. The third-order valence-electron chi connectivity index (χ3n) is 4.41. The van der Waals surface area contributed by atoms with Crippen molar-refractivity contribution in [3.8, 4) is 17.3 Å². The number of aromatic nitrogens is 3. The highest BCUT2D eigenvalue weighted by Crippen LogP contribution is 2.31. The van der Waals surface area contributed by atoms with Gasteiger partial charge < -0.3 is 24.2 Å². The van der Waals surface area contributed by atoms with Crippen molar-refractivity contribution in [3.05, 3.63) is 53.4 Å². The van der Waals surface area contributed by atoms with E-state index in [-0.39, 0.29) is 17.8 Å². The van der Waals surface area contributed by atoms with E-state index in [1.807, 2.05) is 0 Å². The number of pyridine rings is 1. The molecule has 4 rings (SSSR count). The van der Waals surface area contributed by atoms with Gasteiger partial charge in [-0.1, -0.05) is 11.6 Å². The molecule has 33 heavy (non-hydrogen) atoms. The number of carbonyl (C=O) groups is 2. The number of furan rings is 1. The Bertz CT molecular complexity index is 1330. The minimum Gasteiger partial charge on any atom is -0.468 e. The third kappa shape index (κ3) is 5.07. The lowest BCUT2D eigenvalue weighted by atomic mass is 10.2. The molecule has 0 aliphatic carbocycles. The zero-order valence-corrected chi connectivity index (χ0v) is 18.7. The van der Waals surface area contributed by atoms with Crippen LogP contribution in [0.2, 0.25) is 5.02 Å². The first-order valence-corrected chi connectivity index (χ1v) is 10.3. The predicted molar refractivity (Wildman–Crippen MR) is 123 cm³/mol.